The third-order valence-corrected chi connectivity index (χ3v) is 4.58. The van der Waals surface area contributed by atoms with Gasteiger partial charge in [0, 0.05) is 17.7 Å². The molecule has 1 unspecified atom stereocenters. The normalized spacial score (nSPS) is 20.4. The van der Waals surface area contributed by atoms with Gasteiger partial charge >= 0.3 is 0 Å². The molecule has 134 valence electrons. The predicted octanol–water partition coefficient (Wildman–Crippen LogP) is 2.12. The smallest absolute Gasteiger partial charge is 0.273 e. The summed E-state index contributed by atoms with van der Waals surface area (Å²) in [6.45, 7) is 1.65. The van der Waals surface area contributed by atoms with E-state index in [1.165, 1.54) is 0 Å². The average molecular weight is 353 g/mol. The van der Waals surface area contributed by atoms with Crippen LogP contribution in [0.4, 0.5) is 0 Å². The first-order valence-electron chi connectivity index (χ1n) is 8.53. The highest BCUT2D eigenvalue weighted by Gasteiger charge is 2.33. The molecular formula is C18H19N5O3. The maximum atomic E-state index is 12.3. The lowest BCUT2D eigenvalue weighted by atomic mass is 9.87. The highest BCUT2D eigenvalue weighted by Crippen LogP contribution is 2.32. The third-order valence-electron chi connectivity index (χ3n) is 4.58. The Hall–Kier alpha value is -3.00. The molecule has 0 saturated heterocycles. The molecule has 2 aromatic heterocycles. The van der Waals surface area contributed by atoms with Crippen molar-refractivity contribution < 1.29 is 14.4 Å². The minimum absolute atomic E-state index is 0.0589. The standard InChI is InChI=1S/C18H19N5O3/c1-11(24)16-10-23(22-20-16)14-7-13(8-14)19-18(25)15-9-17(26-21-15)12-5-3-2-4-6-12/h2-6,9-11,13-14,24H,7-8H2,1H3,(H,19,25)/t11?,13-,14-. The van der Waals surface area contributed by atoms with E-state index in [4.69, 9.17) is 4.52 Å². The van der Waals surface area contributed by atoms with Crippen LogP contribution in [0.1, 0.15) is 48.1 Å². The van der Waals surface area contributed by atoms with E-state index < -0.39 is 6.10 Å². The van der Waals surface area contributed by atoms with Gasteiger partial charge in [0.15, 0.2) is 11.5 Å². The number of carbonyl (C=O) groups excluding carboxylic acids is 1. The lowest BCUT2D eigenvalue weighted by Crippen LogP contribution is -2.45. The van der Waals surface area contributed by atoms with Crippen LogP contribution in [0.2, 0.25) is 0 Å². The molecule has 2 heterocycles. The summed E-state index contributed by atoms with van der Waals surface area (Å²) in [5.74, 6) is 0.318. The van der Waals surface area contributed by atoms with E-state index in [9.17, 15) is 9.90 Å². The van der Waals surface area contributed by atoms with Crippen molar-refractivity contribution in [3.05, 3.63) is 54.0 Å². The zero-order valence-electron chi connectivity index (χ0n) is 14.2. The fourth-order valence-electron chi connectivity index (χ4n) is 2.96. The Morgan fingerprint density at radius 2 is 2.12 bits per heavy atom. The van der Waals surface area contributed by atoms with Crippen molar-refractivity contribution in [3.8, 4) is 11.3 Å². The largest absolute Gasteiger partial charge is 0.387 e. The Kier molecular flexibility index (Phi) is 4.26. The zero-order chi connectivity index (χ0) is 18.1. The van der Waals surface area contributed by atoms with Gasteiger partial charge in [0.1, 0.15) is 5.69 Å². The van der Waals surface area contributed by atoms with Crippen LogP contribution in [0.3, 0.4) is 0 Å². The molecule has 1 aromatic carbocycles. The molecule has 0 radical (unpaired) electrons. The number of nitrogens with zero attached hydrogens (tertiary/aromatic N) is 4. The van der Waals surface area contributed by atoms with E-state index in [0.29, 0.717) is 11.5 Å². The number of carbonyl (C=O) groups is 1. The van der Waals surface area contributed by atoms with Gasteiger partial charge in [-0.1, -0.05) is 40.7 Å². The molecular weight excluding hydrogens is 334 g/mol. The fraction of sp³-hybridized carbons (Fsp3) is 0.333. The Labute approximate surface area is 149 Å². The zero-order valence-corrected chi connectivity index (χ0v) is 14.2. The summed E-state index contributed by atoms with van der Waals surface area (Å²) in [5, 5.41) is 24.3. The van der Waals surface area contributed by atoms with Crippen LogP contribution >= 0.6 is 0 Å². The minimum atomic E-state index is -0.634. The molecule has 4 rings (SSSR count). The van der Waals surface area contributed by atoms with Crippen molar-refractivity contribution in [2.75, 3.05) is 0 Å². The Bertz CT molecular complexity index is 896. The van der Waals surface area contributed by atoms with Crippen LogP contribution in [0.25, 0.3) is 11.3 Å². The van der Waals surface area contributed by atoms with Gasteiger partial charge in [-0.05, 0) is 19.8 Å². The Morgan fingerprint density at radius 1 is 1.35 bits per heavy atom. The molecule has 1 atom stereocenters. The molecule has 1 saturated carbocycles. The van der Waals surface area contributed by atoms with Crippen LogP contribution in [0.15, 0.2) is 47.1 Å². The summed E-state index contributed by atoms with van der Waals surface area (Å²) in [4.78, 5) is 12.3. The van der Waals surface area contributed by atoms with Crippen molar-refractivity contribution >= 4 is 5.91 Å². The van der Waals surface area contributed by atoms with Crippen LogP contribution < -0.4 is 5.32 Å². The van der Waals surface area contributed by atoms with Gasteiger partial charge < -0.3 is 14.9 Å². The topological polar surface area (TPSA) is 106 Å². The molecule has 8 heteroatoms. The second kappa shape index (κ2) is 6.72. The molecule has 0 spiro atoms. The number of aromatic nitrogens is 4. The maximum Gasteiger partial charge on any atom is 0.273 e. The van der Waals surface area contributed by atoms with E-state index in [2.05, 4.69) is 20.8 Å². The number of amides is 1. The summed E-state index contributed by atoms with van der Waals surface area (Å²) >= 11 is 0. The number of hydrogen-bond acceptors (Lipinski definition) is 6. The molecule has 2 N–H and O–H groups in total. The summed E-state index contributed by atoms with van der Waals surface area (Å²) in [7, 11) is 0. The Morgan fingerprint density at radius 3 is 2.81 bits per heavy atom. The molecule has 3 aromatic rings. The first kappa shape index (κ1) is 16.5. The molecule has 1 aliphatic rings. The number of rotatable bonds is 5. The molecule has 1 amide bonds. The van der Waals surface area contributed by atoms with Gasteiger partial charge in [0.05, 0.1) is 18.3 Å². The first-order chi connectivity index (χ1) is 12.6. The molecule has 1 fully saturated rings. The number of aliphatic hydroxyl groups is 1. The maximum absolute atomic E-state index is 12.3. The van der Waals surface area contributed by atoms with E-state index in [-0.39, 0.29) is 23.7 Å². The SMILES string of the molecule is CC(O)c1cn([C@H]2C[C@H](NC(=O)c3cc(-c4ccccc4)on3)C2)nn1. The van der Waals surface area contributed by atoms with E-state index in [1.54, 1.807) is 23.9 Å². The quantitative estimate of drug-likeness (QED) is 0.728. The number of nitrogens with one attached hydrogen (secondary N) is 1. The lowest BCUT2D eigenvalue weighted by molar-refractivity contribution is 0.0878. The number of benzene rings is 1. The van der Waals surface area contributed by atoms with Crippen molar-refractivity contribution in [1.29, 1.82) is 0 Å². The average Bonchev–Trinajstić information content (AvgIpc) is 3.28. The van der Waals surface area contributed by atoms with Crippen LogP contribution in [-0.2, 0) is 0 Å². The number of aliphatic hydroxyl groups excluding tert-OH is 1. The second-order valence-corrected chi connectivity index (χ2v) is 6.54. The summed E-state index contributed by atoms with van der Waals surface area (Å²) < 4.78 is 7.01. The van der Waals surface area contributed by atoms with Gasteiger partial charge in [-0.2, -0.15) is 0 Å². The minimum Gasteiger partial charge on any atom is -0.387 e. The summed E-state index contributed by atoms with van der Waals surface area (Å²) in [5.41, 5.74) is 1.70. The summed E-state index contributed by atoms with van der Waals surface area (Å²) in [6, 6.07) is 11.4. The van der Waals surface area contributed by atoms with Crippen molar-refractivity contribution in [3.63, 3.8) is 0 Å². The van der Waals surface area contributed by atoms with Crippen molar-refractivity contribution in [2.45, 2.75) is 38.0 Å². The molecule has 1 aliphatic carbocycles. The fourth-order valence-corrected chi connectivity index (χ4v) is 2.96. The van der Waals surface area contributed by atoms with Gasteiger partial charge in [0.25, 0.3) is 5.91 Å². The Balaban J connectivity index is 1.33. The molecule has 0 aliphatic heterocycles. The predicted molar refractivity (Wildman–Crippen MR) is 92.1 cm³/mol. The van der Waals surface area contributed by atoms with Crippen LogP contribution in [-0.4, -0.2) is 37.2 Å². The molecule has 26 heavy (non-hydrogen) atoms. The molecule has 0 bridgehead atoms. The molecule has 8 nitrogen and oxygen atoms in total. The van der Waals surface area contributed by atoms with Gasteiger partial charge in [-0.25, -0.2) is 4.68 Å². The lowest BCUT2D eigenvalue weighted by Gasteiger charge is -2.35. The van der Waals surface area contributed by atoms with Gasteiger partial charge in [-0.3, -0.25) is 4.79 Å². The van der Waals surface area contributed by atoms with Crippen LogP contribution in [0.5, 0.6) is 0 Å². The van der Waals surface area contributed by atoms with Gasteiger partial charge in [0.2, 0.25) is 0 Å². The summed E-state index contributed by atoms with van der Waals surface area (Å²) in [6.07, 6.45) is 2.64. The van der Waals surface area contributed by atoms with E-state index >= 15 is 0 Å². The van der Waals surface area contributed by atoms with Crippen molar-refractivity contribution in [1.82, 2.24) is 25.5 Å². The first-order valence-corrected chi connectivity index (χ1v) is 8.53. The highest BCUT2D eigenvalue weighted by atomic mass is 16.5. The van der Waals surface area contributed by atoms with E-state index in [1.807, 2.05) is 30.3 Å². The number of hydrogen-bond donors (Lipinski definition) is 2. The highest BCUT2D eigenvalue weighted by molar-refractivity contribution is 5.93. The van der Waals surface area contributed by atoms with Crippen LogP contribution in [0, 0.1) is 0 Å². The van der Waals surface area contributed by atoms with Gasteiger partial charge in [-0.15, -0.1) is 5.10 Å². The van der Waals surface area contributed by atoms with E-state index in [0.717, 1.165) is 18.4 Å². The van der Waals surface area contributed by atoms with Crippen molar-refractivity contribution in [2.24, 2.45) is 0 Å². The monoisotopic (exact) mass is 353 g/mol. The second-order valence-electron chi connectivity index (χ2n) is 6.54. The third kappa shape index (κ3) is 3.23.